The van der Waals surface area contributed by atoms with E-state index in [1.54, 1.807) is 42.5 Å². The van der Waals surface area contributed by atoms with Crippen molar-refractivity contribution in [2.45, 2.75) is 13.8 Å². The summed E-state index contributed by atoms with van der Waals surface area (Å²) in [6.45, 7) is 3.90. The number of fused-ring (bicyclic) bond motifs is 1. The maximum atomic E-state index is 13.4. The topological polar surface area (TPSA) is 83.8 Å². The van der Waals surface area contributed by atoms with E-state index in [4.69, 9.17) is 9.84 Å². The first-order valence-electron chi connectivity index (χ1n) is 9.87. The van der Waals surface area contributed by atoms with Crippen molar-refractivity contribution in [1.29, 1.82) is 0 Å². The lowest BCUT2D eigenvalue weighted by Crippen LogP contribution is -2.02. The number of thiophene rings is 1. The molecular formula is C26H20O5S. The molecule has 0 saturated carbocycles. The second-order valence-corrected chi connectivity index (χ2v) is 8.54. The highest BCUT2D eigenvalue weighted by Crippen LogP contribution is 2.42. The molecule has 0 saturated heterocycles. The van der Waals surface area contributed by atoms with Gasteiger partial charge < -0.3 is 14.9 Å². The number of ketones is 1. The number of carbonyl (C=O) groups is 2. The molecule has 0 aliphatic heterocycles. The molecule has 32 heavy (non-hydrogen) atoms. The zero-order valence-electron chi connectivity index (χ0n) is 17.5. The minimum absolute atomic E-state index is 0.116. The van der Waals surface area contributed by atoms with Crippen LogP contribution in [-0.2, 0) is 4.79 Å². The number of carboxylic acid groups (broad SMARTS) is 1. The van der Waals surface area contributed by atoms with Gasteiger partial charge in [0.25, 0.3) is 0 Å². The number of hydrogen-bond acceptors (Lipinski definition) is 5. The van der Waals surface area contributed by atoms with E-state index in [1.807, 2.05) is 32.0 Å². The van der Waals surface area contributed by atoms with Crippen molar-refractivity contribution in [2.24, 2.45) is 0 Å². The Bertz CT molecular complexity index is 1340. The first-order valence-corrected chi connectivity index (χ1v) is 10.7. The summed E-state index contributed by atoms with van der Waals surface area (Å²) in [5, 5.41) is 19.4. The Morgan fingerprint density at radius 1 is 0.938 bits per heavy atom. The Morgan fingerprint density at radius 3 is 2.28 bits per heavy atom. The number of phenolic OH excluding ortho intramolecular Hbond substituents is 1. The first-order chi connectivity index (χ1) is 15.3. The number of aryl methyl sites for hydroxylation is 2. The number of rotatable bonds is 6. The third-order valence-electron chi connectivity index (χ3n) is 4.84. The summed E-state index contributed by atoms with van der Waals surface area (Å²) < 4.78 is 6.90. The highest BCUT2D eigenvalue weighted by Gasteiger charge is 2.22. The number of benzene rings is 3. The largest absolute Gasteiger partial charge is 0.508 e. The number of ether oxygens (including phenoxy) is 1. The van der Waals surface area contributed by atoms with Gasteiger partial charge in [0.2, 0.25) is 5.78 Å². The van der Waals surface area contributed by atoms with Gasteiger partial charge in [0, 0.05) is 21.7 Å². The smallest absolute Gasteiger partial charge is 0.328 e. The van der Waals surface area contributed by atoms with Crippen molar-refractivity contribution in [3.63, 3.8) is 0 Å². The molecule has 1 heterocycles. The third kappa shape index (κ3) is 4.55. The maximum Gasteiger partial charge on any atom is 0.328 e. The molecule has 5 nitrogen and oxygen atoms in total. The lowest BCUT2D eigenvalue weighted by atomic mass is 10.0. The quantitative estimate of drug-likeness (QED) is 0.268. The Hall–Kier alpha value is -3.90. The Morgan fingerprint density at radius 2 is 1.62 bits per heavy atom. The molecular weight excluding hydrogens is 424 g/mol. The lowest BCUT2D eigenvalue weighted by Gasteiger charge is -2.09. The summed E-state index contributed by atoms with van der Waals surface area (Å²) in [5.74, 6) is -0.102. The van der Waals surface area contributed by atoms with Gasteiger partial charge in [-0.15, -0.1) is 11.3 Å². The van der Waals surface area contributed by atoms with Gasteiger partial charge in [-0.25, -0.2) is 4.79 Å². The molecule has 0 radical (unpaired) electrons. The van der Waals surface area contributed by atoms with Crippen LogP contribution in [0.2, 0.25) is 0 Å². The van der Waals surface area contributed by atoms with Gasteiger partial charge in [0.1, 0.15) is 16.4 Å². The van der Waals surface area contributed by atoms with Crippen molar-refractivity contribution in [3.8, 4) is 17.2 Å². The van der Waals surface area contributed by atoms with Crippen LogP contribution in [0.1, 0.15) is 31.9 Å². The SMILES string of the molecule is Cc1cc(C)cc(C(=O)c2sc3cc(O)ccc3c2Oc2ccc(/C=C/C(=O)O)cc2)c1. The highest BCUT2D eigenvalue weighted by atomic mass is 32.1. The van der Waals surface area contributed by atoms with Crippen LogP contribution in [0.25, 0.3) is 16.2 Å². The second-order valence-electron chi connectivity index (χ2n) is 7.49. The van der Waals surface area contributed by atoms with E-state index in [2.05, 4.69) is 0 Å². The molecule has 160 valence electrons. The van der Waals surface area contributed by atoms with Crippen molar-refractivity contribution in [1.82, 2.24) is 0 Å². The van der Waals surface area contributed by atoms with E-state index >= 15 is 0 Å². The standard InChI is InChI=1S/C26H20O5S/c1-15-11-16(2)13-18(12-15)24(30)26-25(21-9-6-19(27)14-22(21)32-26)31-20-7-3-17(4-8-20)5-10-23(28)29/h3-14,27H,1-2H3,(H,28,29)/b10-5+. The molecule has 6 heteroatoms. The number of carboxylic acids is 1. The number of aromatic hydroxyl groups is 1. The van der Waals surface area contributed by atoms with Gasteiger partial charge in [-0.3, -0.25) is 4.79 Å². The van der Waals surface area contributed by atoms with Crippen LogP contribution in [0.5, 0.6) is 17.2 Å². The van der Waals surface area contributed by atoms with Gasteiger partial charge >= 0.3 is 5.97 Å². The van der Waals surface area contributed by atoms with Gasteiger partial charge in [-0.1, -0.05) is 29.3 Å². The lowest BCUT2D eigenvalue weighted by molar-refractivity contribution is -0.131. The summed E-state index contributed by atoms with van der Waals surface area (Å²) in [5.41, 5.74) is 3.29. The van der Waals surface area contributed by atoms with E-state index in [1.165, 1.54) is 17.4 Å². The molecule has 0 aliphatic rings. The van der Waals surface area contributed by atoms with E-state index < -0.39 is 5.97 Å². The van der Waals surface area contributed by atoms with Crippen LogP contribution in [0.15, 0.2) is 66.7 Å². The number of phenols is 1. The van der Waals surface area contributed by atoms with E-state index in [9.17, 15) is 14.7 Å². The van der Waals surface area contributed by atoms with Gasteiger partial charge in [0.05, 0.1) is 0 Å². The number of hydrogen-bond donors (Lipinski definition) is 2. The van der Waals surface area contributed by atoms with Crippen molar-refractivity contribution >= 4 is 39.3 Å². The van der Waals surface area contributed by atoms with Crippen molar-refractivity contribution in [3.05, 3.63) is 93.9 Å². The van der Waals surface area contributed by atoms with Gasteiger partial charge in [-0.05, 0) is 68.0 Å². The summed E-state index contributed by atoms with van der Waals surface area (Å²) in [6, 6.07) is 17.5. The van der Waals surface area contributed by atoms with E-state index in [0.29, 0.717) is 27.5 Å². The van der Waals surface area contributed by atoms with Crippen molar-refractivity contribution in [2.75, 3.05) is 0 Å². The fraction of sp³-hybridized carbons (Fsp3) is 0.0769. The Kier molecular flexibility index (Phi) is 5.79. The summed E-state index contributed by atoms with van der Waals surface area (Å²) in [4.78, 5) is 24.6. The van der Waals surface area contributed by atoms with Crippen LogP contribution in [0.4, 0.5) is 0 Å². The zero-order valence-corrected chi connectivity index (χ0v) is 18.3. The molecule has 2 N–H and O–H groups in total. The molecule has 0 aliphatic carbocycles. The molecule has 0 fully saturated rings. The molecule has 4 rings (SSSR count). The van der Waals surface area contributed by atoms with Gasteiger partial charge in [-0.2, -0.15) is 0 Å². The van der Waals surface area contributed by atoms with Gasteiger partial charge in [0.15, 0.2) is 5.75 Å². The fourth-order valence-electron chi connectivity index (χ4n) is 3.48. The highest BCUT2D eigenvalue weighted by molar-refractivity contribution is 7.21. The van der Waals surface area contributed by atoms with Crippen LogP contribution in [0.3, 0.4) is 0 Å². The average Bonchev–Trinajstić information content (AvgIpc) is 3.09. The molecule has 0 unspecified atom stereocenters. The monoisotopic (exact) mass is 444 g/mol. The molecule has 0 atom stereocenters. The first kappa shape index (κ1) is 21.3. The van der Waals surface area contributed by atoms with Crippen LogP contribution in [-0.4, -0.2) is 22.0 Å². The average molecular weight is 445 g/mol. The predicted molar refractivity (Wildman–Crippen MR) is 126 cm³/mol. The van der Waals surface area contributed by atoms with Crippen LogP contribution in [0, 0.1) is 13.8 Å². The number of carbonyl (C=O) groups excluding carboxylic acids is 1. The molecule has 4 aromatic rings. The van der Waals surface area contributed by atoms with Crippen LogP contribution < -0.4 is 4.74 Å². The minimum atomic E-state index is -1.02. The minimum Gasteiger partial charge on any atom is -0.508 e. The zero-order chi connectivity index (χ0) is 22.8. The Labute approximate surface area is 188 Å². The second kappa shape index (κ2) is 8.69. The maximum absolute atomic E-state index is 13.4. The Balaban J connectivity index is 1.76. The molecule has 0 bridgehead atoms. The number of aliphatic carboxylic acids is 1. The fourth-order valence-corrected chi connectivity index (χ4v) is 4.61. The molecule has 0 spiro atoms. The molecule has 0 amide bonds. The normalized spacial score (nSPS) is 11.2. The summed E-state index contributed by atoms with van der Waals surface area (Å²) in [6.07, 6.45) is 2.55. The van der Waals surface area contributed by atoms with E-state index in [0.717, 1.165) is 27.3 Å². The predicted octanol–water partition coefficient (Wildman–Crippen LogP) is 6.34. The molecule has 1 aromatic heterocycles. The summed E-state index contributed by atoms with van der Waals surface area (Å²) >= 11 is 1.28. The third-order valence-corrected chi connectivity index (χ3v) is 5.97. The van der Waals surface area contributed by atoms with Crippen molar-refractivity contribution < 1.29 is 24.5 Å². The van der Waals surface area contributed by atoms with Crippen LogP contribution >= 0.6 is 11.3 Å². The molecule has 3 aromatic carbocycles. The van der Waals surface area contributed by atoms with E-state index in [-0.39, 0.29) is 11.5 Å². The summed E-state index contributed by atoms with van der Waals surface area (Å²) in [7, 11) is 0.